The standard InChI is InChI=1S/C20H23N3O3S/c1-26-17-6-3-2-5-16(17)21-8-10-22(11-9-21)19(24)15-13-23(14-15)20(25)18-7-4-12-27-18/h2-7,12,15H,8-11,13-14H2,1H3. The van der Waals surface area contributed by atoms with E-state index < -0.39 is 0 Å². The predicted octanol–water partition coefficient (Wildman–Crippen LogP) is 2.18. The Bertz CT molecular complexity index is 810. The van der Waals surface area contributed by atoms with Gasteiger partial charge in [0.2, 0.25) is 5.91 Å². The van der Waals surface area contributed by atoms with Gasteiger partial charge in [0, 0.05) is 39.3 Å². The number of para-hydroxylation sites is 2. The molecule has 0 spiro atoms. The minimum Gasteiger partial charge on any atom is -0.495 e. The van der Waals surface area contributed by atoms with E-state index in [1.54, 1.807) is 12.0 Å². The number of carbonyl (C=O) groups is 2. The van der Waals surface area contributed by atoms with Crippen LogP contribution in [-0.4, -0.2) is 68.0 Å². The van der Waals surface area contributed by atoms with Crippen molar-refractivity contribution in [3.8, 4) is 5.75 Å². The van der Waals surface area contributed by atoms with Crippen molar-refractivity contribution in [2.45, 2.75) is 0 Å². The molecule has 2 aliphatic heterocycles. The van der Waals surface area contributed by atoms with Crippen molar-refractivity contribution >= 4 is 28.8 Å². The first-order chi connectivity index (χ1) is 13.2. The zero-order chi connectivity index (χ0) is 18.8. The fraction of sp³-hybridized carbons (Fsp3) is 0.400. The number of thiophene rings is 1. The van der Waals surface area contributed by atoms with Gasteiger partial charge in [0.25, 0.3) is 5.91 Å². The molecule has 0 aliphatic carbocycles. The summed E-state index contributed by atoms with van der Waals surface area (Å²) in [4.78, 5) is 31.7. The third-order valence-corrected chi connectivity index (χ3v) is 6.13. The molecule has 2 aromatic rings. The molecule has 3 heterocycles. The zero-order valence-corrected chi connectivity index (χ0v) is 16.2. The SMILES string of the molecule is COc1ccccc1N1CCN(C(=O)C2CN(C(=O)c3cccs3)C2)CC1. The highest BCUT2D eigenvalue weighted by Crippen LogP contribution is 2.29. The summed E-state index contributed by atoms with van der Waals surface area (Å²) < 4.78 is 5.44. The number of methoxy groups -OCH3 is 1. The second-order valence-electron chi connectivity index (χ2n) is 6.87. The van der Waals surface area contributed by atoms with E-state index in [9.17, 15) is 9.59 Å². The third kappa shape index (κ3) is 3.51. The number of amides is 2. The number of hydrogen-bond acceptors (Lipinski definition) is 5. The van der Waals surface area contributed by atoms with Crippen LogP contribution in [0.1, 0.15) is 9.67 Å². The Morgan fingerprint density at radius 3 is 2.41 bits per heavy atom. The second-order valence-corrected chi connectivity index (χ2v) is 7.82. The van der Waals surface area contributed by atoms with Crippen molar-refractivity contribution in [3.63, 3.8) is 0 Å². The van der Waals surface area contributed by atoms with Crippen LogP contribution in [0.25, 0.3) is 0 Å². The number of rotatable bonds is 4. The Morgan fingerprint density at radius 1 is 1.00 bits per heavy atom. The molecule has 2 fully saturated rings. The number of hydrogen-bond donors (Lipinski definition) is 0. The topological polar surface area (TPSA) is 53.1 Å². The smallest absolute Gasteiger partial charge is 0.263 e. The molecule has 0 bridgehead atoms. The van der Waals surface area contributed by atoms with Crippen molar-refractivity contribution < 1.29 is 14.3 Å². The minimum absolute atomic E-state index is 0.0371. The van der Waals surface area contributed by atoms with Gasteiger partial charge in [-0.2, -0.15) is 0 Å². The van der Waals surface area contributed by atoms with Gasteiger partial charge in [0.05, 0.1) is 23.6 Å². The first-order valence-electron chi connectivity index (χ1n) is 9.17. The Morgan fingerprint density at radius 2 is 1.74 bits per heavy atom. The number of anilines is 1. The zero-order valence-electron chi connectivity index (χ0n) is 15.3. The summed E-state index contributed by atoms with van der Waals surface area (Å²) in [6.45, 7) is 4.04. The largest absolute Gasteiger partial charge is 0.495 e. The molecule has 4 rings (SSSR count). The molecule has 7 heteroatoms. The predicted molar refractivity (Wildman–Crippen MR) is 105 cm³/mol. The van der Waals surface area contributed by atoms with Crippen molar-refractivity contribution in [1.29, 1.82) is 0 Å². The summed E-state index contributed by atoms with van der Waals surface area (Å²) in [6.07, 6.45) is 0. The highest BCUT2D eigenvalue weighted by Gasteiger charge is 2.39. The summed E-state index contributed by atoms with van der Waals surface area (Å²) in [5, 5.41) is 1.90. The van der Waals surface area contributed by atoms with E-state index in [2.05, 4.69) is 11.0 Å². The van der Waals surface area contributed by atoms with Gasteiger partial charge in [-0.05, 0) is 23.6 Å². The van der Waals surface area contributed by atoms with Crippen molar-refractivity contribution in [1.82, 2.24) is 9.80 Å². The number of benzene rings is 1. The van der Waals surface area contributed by atoms with Crippen LogP contribution >= 0.6 is 11.3 Å². The summed E-state index contributed by atoms with van der Waals surface area (Å²) in [6, 6.07) is 11.7. The fourth-order valence-corrected chi connectivity index (χ4v) is 4.36. The molecule has 0 saturated carbocycles. The second kappa shape index (κ2) is 7.60. The van der Waals surface area contributed by atoms with Crippen LogP contribution < -0.4 is 9.64 Å². The van der Waals surface area contributed by atoms with Gasteiger partial charge in [0.15, 0.2) is 0 Å². The van der Waals surface area contributed by atoms with E-state index >= 15 is 0 Å². The van der Waals surface area contributed by atoms with Gasteiger partial charge in [-0.1, -0.05) is 18.2 Å². The van der Waals surface area contributed by atoms with Crippen LogP contribution in [-0.2, 0) is 4.79 Å². The lowest BCUT2D eigenvalue weighted by Gasteiger charge is -2.43. The highest BCUT2D eigenvalue weighted by molar-refractivity contribution is 7.12. The molecule has 2 amide bonds. The van der Waals surface area contributed by atoms with Crippen LogP contribution in [0.15, 0.2) is 41.8 Å². The van der Waals surface area contributed by atoms with Crippen LogP contribution in [0.3, 0.4) is 0 Å². The fourth-order valence-electron chi connectivity index (χ4n) is 3.67. The Kier molecular flexibility index (Phi) is 5.03. The summed E-state index contributed by atoms with van der Waals surface area (Å²) in [5.74, 6) is 1.01. The van der Waals surface area contributed by atoms with Gasteiger partial charge in [0.1, 0.15) is 5.75 Å². The number of likely N-dealkylation sites (tertiary alicyclic amines) is 1. The number of ether oxygens (including phenoxy) is 1. The summed E-state index contributed by atoms with van der Waals surface area (Å²) in [7, 11) is 1.68. The molecule has 0 radical (unpaired) electrons. The van der Waals surface area contributed by atoms with Crippen LogP contribution in [0.2, 0.25) is 0 Å². The Hall–Kier alpha value is -2.54. The minimum atomic E-state index is -0.0632. The van der Waals surface area contributed by atoms with Crippen LogP contribution in [0.4, 0.5) is 5.69 Å². The van der Waals surface area contributed by atoms with E-state index in [1.165, 1.54) is 11.3 Å². The molecule has 1 aromatic carbocycles. The van der Waals surface area contributed by atoms with E-state index in [-0.39, 0.29) is 17.7 Å². The molecule has 0 atom stereocenters. The van der Waals surface area contributed by atoms with Crippen molar-refractivity contribution in [3.05, 3.63) is 46.7 Å². The molecular formula is C20H23N3O3S. The average Bonchev–Trinajstić information content (AvgIpc) is 3.21. The van der Waals surface area contributed by atoms with Crippen molar-refractivity contribution in [2.24, 2.45) is 5.92 Å². The first kappa shape index (κ1) is 17.9. The Labute approximate surface area is 162 Å². The van der Waals surface area contributed by atoms with Crippen LogP contribution in [0, 0.1) is 5.92 Å². The maximum atomic E-state index is 12.7. The van der Waals surface area contributed by atoms with E-state index in [0.29, 0.717) is 26.2 Å². The first-order valence-corrected chi connectivity index (χ1v) is 10.0. The molecule has 27 heavy (non-hydrogen) atoms. The summed E-state index contributed by atoms with van der Waals surface area (Å²) in [5.41, 5.74) is 1.07. The molecule has 2 saturated heterocycles. The number of nitrogens with zero attached hydrogens (tertiary/aromatic N) is 3. The molecule has 0 N–H and O–H groups in total. The van der Waals surface area contributed by atoms with Gasteiger partial charge >= 0.3 is 0 Å². The third-order valence-electron chi connectivity index (χ3n) is 5.27. The lowest BCUT2D eigenvalue weighted by Crippen LogP contribution is -2.59. The molecule has 142 valence electrons. The van der Waals surface area contributed by atoms with E-state index in [0.717, 1.165) is 29.4 Å². The normalized spacial score (nSPS) is 17.6. The maximum Gasteiger partial charge on any atom is 0.263 e. The lowest BCUT2D eigenvalue weighted by atomic mass is 9.97. The van der Waals surface area contributed by atoms with Crippen LogP contribution in [0.5, 0.6) is 5.75 Å². The maximum absolute atomic E-state index is 12.7. The molecule has 2 aliphatic rings. The highest BCUT2D eigenvalue weighted by atomic mass is 32.1. The molecular weight excluding hydrogens is 362 g/mol. The van der Waals surface area contributed by atoms with E-state index in [1.807, 2.05) is 40.6 Å². The molecule has 1 aromatic heterocycles. The Balaban J connectivity index is 1.29. The average molecular weight is 385 g/mol. The lowest BCUT2D eigenvalue weighted by molar-refractivity contribution is -0.140. The molecule has 0 unspecified atom stereocenters. The molecule has 6 nitrogen and oxygen atoms in total. The monoisotopic (exact) mass is 385 g/mol. The quantitative estimate of drug-likeness (QED) is 0.810. The van der Waals surface area contributed by atoms with Gasteiger partial charge in [-0.25, -0.2) is 0 Å². The van der Waals surface area contributed by atoms with E-state index in [4.69, 9.17) is 4.74 Å². The van der Waals surface area contributed by atoms with Crippen molar-refractivity contribution in [2.75, 3.05) is 51.3 Å². The number of carbonyl (C=O) groups excluding carboxylic acids is 2. The summed E-state index contributed by atoms with van der Waals surface area (Å²) >= 11 is 1.45. The number of piperazine rings is 1. The van der Waals surface area contributed by atoms with Gasteiger partial charge < -0.3 is 19.4 Å². The van der Waals surface area contributed by atoms with Gasteiger partial charge in [-0.3, -0.25) is 9.59 Å². The van der Waals surface area contributed by atoms with Gasteiger partial charge in [-0.15, -0.1) is 11.3 Å².